The number of carbonyl (C=O) groups excluding carboxylic acids is 1. The van der Waals surface area contributed by atoms with Gasteiger partial charge in [-0.25, -0.2) is 0 Å². The summed E-state index contributed by atoms with van der Waals surface area (Å²) < 4.78 is 5.52. The van der Waals surface area contributed by atoms with Crippen LogP contribution in [-0.4, -0.2) is 42.8 Å². The van der Waals surface area contributed by atoms with Crippen molar-refractivity contribution in [2.75, 3.05) is 26.4 Å². The smallest absolute Gasteiger partial charge is 0.238 e. The maximum absolute atomic E-state index is 11.3. The molecule has 0 aliphatic carbocycles. The van der Waals surface area contributed by atoms with Crippen molar-refractivity contribution in [3.63, 3.8) is 0 Å². The zero-order chi connectivity index (χ0) is 9.90. The highest BCUT2D eigenvalue weighted by Crippen LogP contribution is 2.07. The van der Waals surface area contributed by atoms with Crippen LogP contribution >= 0.6 is 0 Å². The number of amides is 1. The number of hydrogen-bond donors (Lipinski definition) is 1. The Morgan fingerprint density at radius 3 is 2.77 bits per heavy atom. The second kappa shape index (κ2) is 4.07. The van der Waals surface area contributed by atoms with E-state index >= 15 is 0 Å². The molecule has 0 bridgehead atoms. The molecule has 4 nitrogen and oxygen atoms in total. The number of nitrogens with one attached hydrogen (secondary N) is 1. The average Bonchev–Trinajstić information content (AvgIpc) is 2.01. The summed E-state index contributed by atoms with van der Waals surface area (Å²) in [6, 6.07) is 0. The van der Waals surface area contributed by atoms with E-state index in [9.17, 15) is 4.79 Å². The van der Waals surface area contributed by atoms with E-state index in [1.165, 1.54) is 0 Å². The molecular formula is C9H18N2O2. The SMILES string of the molecule is CC(C)(C)OCN1CCNCC1=O. The Labute approximate surface area is 79.2 Å². The summed E-state index contributed by atoms with van der Waals surface area (Å²) in [6.07, 6.45) is 0. The second-order valence-corrected chi connectivity index (χ2v) is 4.22. The van der Waals surface area contributed by atoms with Gasteiger partial charge in [-0.05, 0) is 20.8 Å². The summed E-state index contributed by atoms with van der Waals surface area (Å²) in [6.45, 7) is 8.41. The third kappa shape index (κ3) is 3.74. The molecule has 1 heterocycles. The zero-order valence-electron chi connectivity index (χ0n) is 8.59. The van der Waals surface area contributed by atoms with Gasteiger partial charge in [0.25, 0.3) is 0 Å². The molecule has 1 aliphatic rings. The van der Waals surface area contributed by atoms with Gasteiger partial charge in [-0.3, -0.25) is 4.79 Å². The van der Waals surface area contributed by atoms with Crippen molar-refractivity contribution < 1.29 is 9.53 Å². The lowest BCUT2D eigenvalue weighted by Crippen LogP contribution is -2.49. The molecular weight excluding hydrogens is 168 g/mol. The number of ether oxygens (including phenoxy) is 1. The Kier molecular flexibility index (Phi) is 3.27. The molecule has 0 aromatic heterocycles. The summed E-state index contributed by atoms with van der Waals surface area (Å²) in [7, 11) is 0. The van der Waals surface area contributed by atoms with Crippen LogP contribution in [0.3, 0.4) is 0 Å². The number of carbonyl (C=O) groups is 1. The molecule has 0 atom stereocenters. The van der Waals surface area contributed by atoms with E-state index in [-0.39, 0.29) is 11.5 Å². The van der Waals surface area contributed by atoms with Gasteiger partial charge in [0.2, 0.25) is 5.91 Å². The van der Waals surface area contributed by atoms with E-state index in [1.807, 2.05) is 20.8 Å². The number of rotatable bonds is 2. The van der Waals surface area contributed by atoms with Gasteiger partial charge in [-0.2, -0.15) is 0 Å². The molecule has 1 aliphatic heterocycles. The molecule has 1 fully saturated rings. The summed E-state index contributed by atoms with van der Waals surface area (Å²) in [5, 5.41) is 3.01. The first-order chi connectivity index (χ1) is 5.99. The maximum atomic E-state index is 11.3. The number of nitrogens with zero attached hydrogens (tertiary/aromatic N) is 1. The molecule has 0 saturated carbocycles. The van der Waals surface area contributed by atoms with E-state index in [4.69, 9.17) is 4.74 Å². The van der Waals surface area contributed by atoms with Gasteiger partial charge in [0.05, 0.1) is 12.1 Å². The van der Waals surface area contributed by atoms with Crippen molar-refractivity contribution in [2.45, 2.75) is 26.4 Å². The van der Waals surface area contributed by atoms with E-state index in [0.717, 1.165) is 13.1 Å². The van der Waals surface area contributed by atoms with Crippen molar-refractivity contribution in [3.05, 3.63) is 0 Å². The minimum absolute atomic E-state index is 0.121. The van der Waals surface area contributed by atoms with Crippen LogP contribution in [0.15, 0.2) is 0 Å². The van der Waals surface area contributed by atoms with Crippen LogP contribution in [0, 0.1) is 0 Å². The first-order valence-corrected chi connectivity index (χ1v) is 4.61. The molecule has 0 aromatic rings. The predicted molar refractivity (Wildman–Crippen MR) is 50.3 cm³/mol. The number of hydrogen-bond acceptors (Lipinski definition) is 3. The van der Waals surface area contributed by atoms with Gasteiger partial charge < -0.3 is 15.0 Å². The van der Waals surface area contributed by atoms with Crippen LogP contribution in [0.4, 0.5) is 0 Å². The molecule has 76 valence electrons. The molecule has 1 N–H and O–H groups in total. The summed E-state index contributed by atoms with van der Waals surface area (Å²) >= 11 is 0. The normalized spacial score (nSPS) is 19.3. The highest BCUT2D eigenvalue weighted by Gasteiger charge is 2.19. The molecule has 1 rings (SSSR count). The minimum Gasteiger partial charge on any atom is -0.355 e. The number of piperazine rings is 1. The van der Waals surface area contributed by atoms with Crippen LogP contribution < -0.4 is 5.32 Å². The Morgan fingerprint density at radius 1 is 1.54 bits per heavy atom. The fraction of sp³-hybridized carbons (Fsp3) is 0.889. The van der Waals surface area contributed by atoms with E-state index in [1.54, 1.807) is 4.90 Å². The highest BCUT2D eigenvalue weighted by atomic mass is 16.5. The maximum Gasteiger partial charge on any atom is 0.238 e. The Balaban J connectivity index is 2.31. The fourth-order valence-corrected chi connectivity index (χ4v) is 1.05. The molecule has 1 saturated heterocycles. The molecule has 4 heteroatoms. The lowest BCUT2D eigenvalue weighted by atomic mass is 10.2. The van der Waals surface area contributed by atoms with Gasteiger partial charge in [0.15, 0.2) is 0 Å². The van der Waals surface area contributed by atoms with E-state index in [0.29, 0.717) is 13.3 Å². The van der Waals surface area contributed by atoms with Crippen molar-refractivity contribution >= 4 is 5.91 Å². The fourth-order valence-electron chi connectivity index (χ4n) is 1.05. The lowest BCUT2D eigenvalue weighted by molar-refractivity contribution is -0.143. The Hall–Kier alpha value is -0.610. The highest BCUT2D eigenvalue weighted by molar-refractivity contribution is 5.78. The third-order valence-corrected chi connectivity index (χ3v) is 1.84. The zero-order valence-corrected chi connectivity index (χ0v) is 8.59. The molecule has 0 spiro atoms. The Morgan fingerprint density at radius 2 is 2.23 bits per heavy atom. The Bertz CT molecular complexity index is 187. The molecule has 13 heavy (non-hydrogen) atoms. The van der Waals surface area contributed by atoms with Gasteiger partial charge >= 0.3 is 0 Å². The van der Waals surface area contributed by atoms with Crippen molar-refractivity contribution in [1.29, 1.82) is 0 Å². The van der Waals surface area contributed by atoms with E-state index < -0.39 is 0 Å². The van der Waals surface area contributed by atoms with Crippen molar-refractivity contribution in [3.8, 4) is 0 Å². The van der Waals surface area contributed by atoms with E-state index in [2.05, 4.69) is 5.32 Å². The average molecular weight is 186 g/mol. The summed E-state index contributed by atoms with van der Waals surface area (Å²) in [4.78, 5) is 13.0. The van der Waals surface area contributed by atoms with Crippen LogP contribution in [0.1, 0.15) is 20.8 Å². The topological polar surface area (TPSA) is 41.6 Å². The first kappa shape index (κ1) is 10.5. The van der Waals surface area contributed by atoms with Gasteiger partial charge in [-0.15, -0.1) is 0 Å². The monoisotopic (exact) mass is 186 g/mol. The predicted octanol–water partition coefficient (Wildman–Crippen LogP) is 0.191. The lowest BCUT2D eigenvalue weighted by Gasteiger charge is -2.30. The van der Waals surface area contributed by atoms with Crippen LogP contribution in [-0.2, 0) is 9.53 Å². The standard InChI is InChI=1S/C9H18N2O2/c1-9(2,3)13-7-11-5-4-10-6-8(11)12/h10H,4-7H2,1-3H3. The minimum atomic E-state index is -0.175. The molecule has 1 amide bonds. The van der Waals surface area contributed by atoms with Crippen molar-refractivity contribution in [1.82, 2.24) is 10.2 Å². The quantitative estimate of drug-likeness (QED) is 0.669. The summed E-state index contributed by atoms with van der Waals surface area (Å²) in [5.41, 5.74) is -0.175. The third-order valence-electron chi connectivity index (χ3n) is 1.84. The molecule has 0 radical (unpaired) electrons. The van der Waals surface area contributed by atoms with Crippen LogP contribution in [0.5, 0.6) is 0 Å². The van der Waals surface area contributed by atoms with Crippen LogP contribution in [0.2, 0.25) is 0 Å². The van der Waals surface area contributed by atoms with Gasteiger partial charge in [0, 0.05) is 13.1 Å². The largest absolute Gasteiger partial charge is 0.355 e. The molecule has 0 aromatic carbocycles. The second-order valence-electron chi connectivity index (χ2n) is 4.22. The van der Waals surface area contributed by atoms with Crippen molar-refractivity contribution in [2.24, 2.45) is 0 Å². The summed E-state index contributed by atoms with van der Waals surface area (Å²) in [5.74, 6) is 0.121. The van der Waals surface area contributed by atoms with Gasteiger partial charge in [0.1, 0.15) is 6.73 Å². The van der Waals surface area contributed by atoms with Crippen LogP contribution in [0.25, 0.3) is 0 Å². The first-order valence-electron chi connectivity index (χ1n) is 4.61. The van der Waals surface area contributed by atoms with Gasteiger partial charge in [-0.1, -0.05) is 0 Å². The molecule has 0 unspecified atom stereocenters.